The van der Waals surface area contributed by atoms with Crippen LogP contribution in [0.2, 0.25) is 0 Å². The number of hydrogen-bond donors (Lipinski definition) is 3. The van der Waals surface area contributed by atoms with Crippen LogP contribution in [-0.2, 0) is 19.6 Å². The Bertz CT molecular complexity index is 1020. The first-order valence-electron chi connectivity index (χ1n) is 9.15. The Hall–Kier alpha value is -2.65. The molecule has 8 nitrogen and oxygen atoms in total. The third kappa shape index (κ3) is 3.81. The maximum Gasteiger partial charge on any atom is 0.265 e. The van der Waals surface area contributed by atoms with Gasteiger partial charge in [-0.3, -0.25) is 19.1 Å². The highest BCUT2D eigenvalue weighted by atomic mass is 32.2. The number of hydrogen-bond acceptors (Lipinski definition) is 5. The molecule has 1 aliphatic heterocycles. The number of unbranched alkanes of at least 4 members (excludes halogenated alkanes) is 3. The molecular formula is C19H23N3O5S. The number of carbonyl (C=O) groups excluding carboxylic acids is 2. The molecule has 0 saturated heterocycles. The summed E-state index contributed by atoms with van der Waals surface area (Å²) in [4.78, 5) is 22.7. The average Bonchev–Trinajstić information content (AvgIpc) is 2.88. The summed E-state index contributed by atoms with van der Waals surface area (Å²) in [5.41, 5.74) is 2.81. The van der Waals surface area contributed by atoms with E-state index >= 15 is 0 Å². The fourth-order valence-corrected chi connectivity index (χ4v) is 5.26. The largest absolute Gasteiger partial charge is 0.326 e. The normalized spacial score (nSPS) is 14.3. The maximum absolute atomic E-state index is 13.0. The van der Waals surface area contributed by atoms with Crippen LogP contribution >= 0.6 is 0 Å². The standard InChI is InChI=1S/C19H23N3O5S/c1-13(23)20-15-10-11-16-19-14(15)7-6-8-17(19)28(26,27)22(16)12-5-3-2-4-9-18(24)21-25/h6-8,10-11,25H,2-5,9,12H2,1H3,(H,20,23)(H,21,24). The second-order valence-corrected chi connectivity index (χ2v) is 8.60. The molecule has 2 amide bonds. The van der Waals surface area contributed by atoms with Crippen molar-refractivity contribution in [3.05, 3.63) is 30.3 Å². The molecular weight excluding hydrogens is 382 g/mol. The highest BCUT2D eigenvalue weighted by Gasteiger charge is 2.35. The topological polar surface area (TPSA) is 116 Å². The van der Waals surface area contributed by atoms with Crippen LogP contribution in [0.15, 0.2) is 35.2 Å². The van der Waals surface area contributed by atoms with Crippen molar-refractivity contribution in [3.8, 4) is 0 Å². The van der Waals surface area contributed by atoms with Gasteiger partial charge in [0.15, 0.2) is 0 Å². The Labute approximate surface area is 163 Å². The van der Waals surface area contributed by atoms with Gasteiger partial charge in [0.1, 0.15) is 0 Å². The van der Waals surface area contributed by atoms with Crippen molar-refractivity contribution in [2.75, 3.05) is 16.2 Å². The number of rotatable bonds is 8. The van der Waals surface area contributed by atoms with E-state index in [1.807, 2.05) is 0 Å². The molecule has 2 aromatic rings. The summed E-state index contributed by atoms with van der Waals surface area (Å²) < 4.78 is 27.4. The van der Waals surface area contributed by atoms with Crippen molar-refractivity contribution in [2.24, 2.45) is 0 Å². The van der Waals surface area contributed by atoms with E-state index in [-0.39, 0.29) is 17.2 Å². The highest BCUT2D eigenvalue weighted by molar-refractivity contribution is 7.93. The molecule has 0 bridgehead atoms. The Morgan fingerprint density at radius 1 is 1.07 bits per heavy atom. The molecule has 3 rings (SSSR count). The molecule has 1 aliphatic rings. The van der Waals surface area contributed by atoms with Crippen molar-refractivity contribution < 1.29 is 23.2 Å². The van der Waals surface area contributed by atoms with Crippen LogP contribution in [0, 0.1) is 0 Å². The zero-order chi connectivity index (χ0) is 20.3. The predicted molar refractivity (Wildman–Crippen MR) is 106 cm³/mol. The summed E-state index contributed by atoms with van der Waals surface area (Å²) >= 11 is 0. The third-order valence-electron chi connectivity index (χ3n) is 4.77. The lowest BCUT2D eigenvalue weighted by Gasteiger charge is -2.19. The molecule has 0 radical (unpaired) electrons. The van der Waals surface area contributed by atoms with Gasteiger partial charge < -0.3 is 5.32 Å². The van der Waals surface area contributed by atoms with E-state index in [9.17, 15) is 18.0 Å². The fraction of sp³-hybridized carbons (Fsp3) is 0.368. The van der Waals surface area contributed by atoms with Crippen molar-refractivity contribution >= 4 is 44.0 Å². The first kappa shape index (κ1) is 20.1. The zero-order valence-corrected chi connectivity index (χ0v) is 16.4. The van der Waals surface area contributed by atoms with Crippen molar-refractivity contribution in [1.29, 1.82) is 0 Å². The molecule has 0 spiro atoms. The molecule has 0 atom stereocenters. The summed E-state index contributed by atoms with van der Waals surface area (Å²) in [6, 6.07) is 8.53. The van der Waals surface area contributed by atoms with Gasteiger partial charge in [-0.2, -0.15) is 0 Å². The van der Waals surface area contributed by atoms with E-state index in [0.29, 0.717) is 41.5 Å². The number of hydroxylamine groups is 1. The van der Waals surface area contributed by atoms with E-state index in [0.717, 1.165) is 12.8 Å². The minimum absolute atomic E-state index is 0.215. The molecule has 1 heterocycles. The molecule has 0 saturated carbocycles. The van der Waals surface area contributed by atoms with Crippen LogP contribution in [0.1, 0.15) is 39.0 Å². The van der Waals surface area contributed by atoms with Crippen LogP contribution in [0.4, 0.5) is 11.4 Å². The van der Waals surface area contributed by atoms with Gasteiger partial charge in [-0.05, 0) is 31.0 Å². The Morgan fingerprint density at radius 3 is 2.54 bits per heavy atom. The Kier molecular flexibility index (Phi) is 5.85. The van der Waals surface area contributed by atoms with Gasteiger partial charge >= 0.3 is 0 Å². The second kappa shape index (κ2) is 8.15. The monoisotopic (exact) mass is 405 g/mol. The fourth-order valence-electron chi connectivity index (χ4n) is 3.52. The summed E-state index contributed by atoms with van der Waals surface area (Å²) in [6.07, 6.45) is 3.08. The lowest BCUT2D eigenvalue weighted by atomic mass is 10.1. The smallest absolute Gasteiger partial charge is 0.265 e. The van der Waals surface area contributed by atoms with Gasteiger partial charge in [0.2, 0.25) is 11.8 Å². The van der Waals surface area contributed by atoms with E-state index in [4.69, 9.17) is 5.21 Å². The number of sulfonamides is 1. The minimum Gasteiger partial charge on any atom is -0.326 e. The minimum atomic E-state index is -3.63. The number of amides is 2. The molecule has 0 unspecified atom stereocenters. The van der Waals surface area contributed by atoms with Crippen molar-refractivity contribution in [2.45, 2.75) is 43.9 Å². The van der Waals surface area contributed by atoms with E-state index in [1.165, 1.54) is 11.2 Å². The summed E-state index contributed by atoms with van der Waals surface area (Å²) in [7, 11) is -3.63. The van der Waals surface area contributed by atoms with Crippen LogP contribution in [0.3, 0.4) is 0 Å². The summed E-state index contributed by atoms with van der Waals surface area (Å²) in [6.45, 7) is 1.76. The molecule has 9 heteroatoms. The van der Waals surface area contributed by atoms with Gasteiger partial charge in [-0.15, -0.1) is 0 Å². The van der Waals surface area contributed by atoms with Crippen molar-refractivity contribution in [1.82, 2.24) is 5.48 Å². The summed E-state index contributed by atoms with van der Waals surface area (Å²) in [5, 5.41) is 12.6. The van der Waals surface area contributed by atoms with E-state index in [1.54, 1.807) is 35.8 Å². The molecule has 2 aromatic carbocycles. The van der Waals surface area contributed by atoms with Crippen LogP contribution in [-0.4, -0.2) is 32.0 Å². The summed E-state index contributed by atoms with van der Waals surface area (Å²) in [5.74, 6) is -0.632. The van der Waals surface area contributed by atoms with Gasteiger partial charge in [-0.25, -0.2) is 13.9 Å². The average molecular weight is 405 g/mol. The third-order valence-corrected chi connectivity index (χ3v) is 6.62. The number of nitrogens with zero attached hydrogens (tertiary/aromatic N) is 1. The SMILES string of the molecule is CC(=O)Nc1ccc2c3c(cccc13)S(=O)(=O)N2CCCCCCC(=O)NO. The lowest BCUT2D eigenvalue weighted by Crippen LogP contribution is -2.28. The number of nitrogens with one attached hydrogen (secondary N) is 2. The first-order valence-corrected chi connectivity index (χ1v) is 10.6. The first-order chi connectivity index (χ1) is 13.4. The number of anilines is 2. The zero-order valence-electron chi connectivity index (χ0n) is 15.6. The molecule has 28 heavy (non-hydrogen) atoms. The predicted octanol–water partition coefficient (Wildman–Crippen LogP) is 2.76. The Balaban J connectivity index is 1.77. The van der Waals surface area contributed by atoms with Crippen LogP contribution < -0.4 is 15.1 Å². The molecule has 0 aromatic heterocycles. The van der Waals surface area contributed by atoms with Crippen LogP contribution in [0.5, 0.6) is 0 Å². The van der Waals surface area contributed by atoms with Gasteiger partial charge in [0.25, 0.3) is 10.0 Å². The van der Waals surface area contributed by atoms with Gasteiger partial charge in [0.05, 0.1) is 10.6 Å². The highest BCUT2D eigenvalue weighted by Crippen LogP contribution is 2.44. The Morgan fingerprint density at radius 2 is 1.82 bits per heavy atom. The van der Waals surface area contributed by atoms with Crippen molar-refractivity contribution in [3.63, 3.8) is 0 Å². The number of carbonyl (C=O) groups is 2. The quantitative estimate of drug-likeness (QED) is 0.355. The lowest BCUT2D eigenvalue weighted by molar-refractivity contribution is -0.129. The molecule has 150 valence electrons. The van der Waals surface area contributed by atoms with Gasteiger partial charge in [0, 0.05) is 36.3 Å². The van der Waals surface area contributed by atoms with E-state index < -0.39 is 15.9 Å². The van der Waals surface area contributed by atoms with E-state index in [2.05, 4.69) is 5.32 Å². The van der Waals surface area contributed by atoms with Gasteiger partial charge in [-0.1, -0.05) is 25.0 Å². The molecule has 0 fully saturated rings. The number of benzene rings is 2. The second-order valence-electron chi connectivity index (χ2n) is 6.77. The maximum atomic E-state index is 13.0. The van der Waals surface area contributed by atoms with Crippen LogP contribution in [0.25, 0.3) is 10.8 Å². The molecule has 3 N–H and O–H groups in total. The molecule has 0 aliphatic carbocycles.